The molecule has 0 unspecified atom stereocenters. The van der Waals surface area contributed by atoms with Crippen molar-refractivity contribution in [2.45, 2.75) is 6.92 Å². The van der Waals surface area contributed by atoms with Gasteiger partial charge >= 0.3 is 0 Å². The second kappa shape index (κ2) is 11.2. The smallest absolute Gasteiger partial charge is 0.222 e. The number of nitrogens with one attached hydrogen (secondary N) is 1. The van der Waals surface area contributed by atoms with Crippen LogP contribution < -0.4 is 27.7 Å². The van der Waals surface area contributed by atoms with Crippen molar-refractivity contribution in [3.05, 3.63) is 51.8 Å². The molecule has 1 heterocycles. The van der Waals surface area contributed by atoms with E-state index in [0.717, 1.165) is 14.7 Å². The van der Waals surface area contributed by atoms with Gasteiger partial charge in [-0.1, -0.05) is 24.8 Å². The van der Waals surface area contributed by atoms with E-state index in [1.807, 2.05) is 31.2 Å². The first-order valence-corrected chi connectivity index (χ1v) is 8.07. The predicted molar refractivity (Wildman–Crippen MR) is 117 cm³/mol. The van der Waals surface area contributed by atoms with Crippen molar-refractivity contribution in [2.75, 3.05) is 11.5 Å². The summed E-state index contributed by atoms with van der Waals surface area (Å²) in [6, 6.07) is 3.97. The summed E-state index contributed by atoms with van der Waals surface area (Å²) in [6.45, 7) is 5.71. The summed E-state index contributed by atoms with van der Waals surface area (Å²) >= 11 is 2.21. The highest BCUT2D eigenvalue weighted by Crippen LogP contribution is 2.32. The Morgan fingerprint density at radius 3 is 2.42 bits per heavy atom. The van der Waals surface area contributed by atoms with Crippen molar-refractivity contribution >= 4 is 58.8 Å². The monoisotopic (exact) mass is 489 g/mol. The van der Waals surface area contributed by atoms with Crippen LogP contribution in [0.15, 0.2) is 37.1 Å². The molecule has 9 N–H and O–H groups in total. The maximum Gasteiger partial charge on any atom is 0.222 e. The third kappa shape index (κ3) is 7.57. The van der Waals surface area contributed by atoms with Crippen LogP contribution in [0.5, 0.6) is 11.5 Å². The van der Waals surface area contributed by atoms with Crippen LogP contribution in [-0.2, 0) is 0 Å². The number of anilines is 2. The molecule has 0 spiro atoms. The van der Waals surface area contributed by atoms with Crippen LogP contribution in [0.3, 0.4) is 0 Å². The van der Waals surface area contributed by atoms with E-state index >= 15 is 0 Å². The Morgan fingerprint density at radius 1 is 1.27 bits per heavy atom. The molecule has 0 saturated carbocycles. The van der Waals surface area contributed by atoms with Crippen LogP contribution in [0.4, 0.5) is 11.8 Å². The number of benzene rings is 1. The number of hydrogen-bond acceptors (Lipinski definition) is 6. The molecule has 0 aliphatic rings. The molecule has 0 radical (unpaired) electrons. The molecule has 2 rings (SSSR count). The topological polar surface area (TPSA) is 163 Å². The number of hydrogen-bond donors (Lipinski definition) is 5. The normalized spacial score (nSPS) is 9.62. The first-order valence-electron chi connectivity index (χ1n) is 6.99. The van der Waals surface area contributed by atoms with Gasteiger partial charge in [0.25, 0.3) is 0 Å². The van der Waals surface area contributed by atoms with E-state index in [4.69, 9.17) is 21.6 Å². The van der Waals surface area contributed by atoms with Crippen molar-refractivity contribution < 1.29 is 4.74 Å². The van der Waals surface area contributed by atoms with Crippen molar-refractivity contribution in [3.8, 4) is 11.5 Å². The minimum atomic E-state index is -0.333. The average molecular weight is 490 g/mol. The number of nitrogen functional groups attached to an aromatic ring is 2. The number of halogens is 2. The molecule has 2 aromatic rings. The van der Waals surface area contributed by atoms with Crippen molar-refractivity contribution in [1.29, 1.82) is 5.41 Å². The van der Waals surface area contributed by atoms with Gasteiger partial charge in [-0.25, -0.2) is 4.98 Å². The molecular formula is C16H21ClIN7O. The number of allylic oxidation sites excluding steroid dienone is 2. The van der Waals surface area contributed by atoms with Crippen molar-refractivity contribution in [1.82, 2.24) is 9.97 Å². The summed E-state index contributed by atoms with van der Waals surface area (Å²) in [4.78, 5) is 7.77. The lowest BCUT2D eigenvalue weighted by Gasteiger charge is -2.11. The molecule has 0 amide bonds. The largest absolute Gasteiger partial charge is 0.451 e. The summed E-state index contributed by atoms with van der Waals surface area (Å²) in [5, 5.41) is 6.06. The van der Waals surface area contributed by atoms with E-state index in [1.54, 1.807) is 6.08 Å². The molecule has 0 saturated heterocycles. The van der Waals surface area contributed by atoms with Gasteiger partial charge in [-0.3, -0.25) is 5.41 Å². The number of nitrogens with zero attached hydrogens (tertiary/aromatic N) is 2. The van der Waals surface area contributed by atoms with Crippen LogP contribution in [0, 0.1) is 15.9 Å². The Bertz CT molecular complexity index is 807. The number of aryl methyl sites for hydroxylation is 1. The number of guanidine groups is 1. The van der Waals surface area contributed by atoms with Gasteiger partial charge in [0, 0.05) is 0 Å². The first-order chi connectivity index (χ1) is 11.7. The zero-order valence-electron chi connectivity index (χ0n) is 14.1. The third-order valence-electron chi connectivity index (χ3n) is 2.75. The van der Waals surface area contributed by atoms with Crippen LogP contribution >= 0.6 is 35.0 Å². The van der Waals surface area contributed by atoms with E-state index < -0.39 is 0 Å². The molecule has 0 aliphatic heterocycles. The van der Waals surface area contributed by atoms with E-state index in [2.05, 4.69) is 50.6 Å². The van der Waals surface area contributed by atoms with Gasteiger partial charge in [0.1, 0.15) is 5.75 Å². The zero-order chi connectivity index (χ0) is 19.0. The van der Waals surface area contributed by atoms with Gasteiger partial charge in [-0.2, -0.15) is 4.98 Å². The second-order valence-corrected chi connectivity index (χ2v) is 5.93. The lowest BCUT2D eigenvalue weighted by Crippen LogP contribution is -2.20. The molecule has 10 heteroatoms. The second-order valence-electron chi connectivity index (χ2n) is 4.77. The SMILES string of the molecule is C=CC=Cc1cc(Oc2cnc(N)nc2N)c(I)cc1C.Cl.N=C(N)N. The van der Waals surface area contributed by atoms with E-state index in [0.29, 0.717) is 11.5 Å². The predicted octanol–water partition coefficient (Wildman–Crippen LogP) is 2.81. The average Bonchev–Trinajstić information content (AvgIpc) is 2.50. The highest BCUT2D eigenvalue weighted by molar-refractivity contribution is 14.1. The molecule has 26 heavy (non-hydrogen) atoms. The molecule has 0 atom stereocenters. The molecule has 140 valence electrons. The molecule has 1 aromatic heterocycles. The van der Waals surface area contributed by atoms with Crippen LogP contribution in [0.2, 0.25) is 0 Å². The molecule has 1 aromatic carbocycles. The Kier molecular flexibility index (Phi) is 10.1. The Balaban J connectivity index is 0.00000113. The molecule has 8 nitrogen and oxygen atoms in total. The fraction of sp³-hybridized carbons (Fsp3) is 0.0625. The van der Waals surface area contributed by atoms with Gasteiger partial charge in [-0.15, -0.1) is 12.4 Å². The number of rotatable bonds is 4. The number of ether oxygens (including phenoxy) is 1. The van der Waals surface area contributed by atoms with Gasteiger partial charge in [0.05, 0.1) is 9.77 Å². The minimum Gasteiger partial charge on any atom is -0.451 e. The summed E-state index contributed by atoms with van der Waals surface area (Å²) in [6.07, 6.45) is 7.03. The summed E-state index contributed by atoms with van der Waals surface area (Å²) < 4.78 is 6.77. The summed E-state index contributed by atoms with van der Waals surface area (Å²) in [7, 11) is 0. The number of aromatic nitrogens is 2. The first kappa shape index (κ1) is 23.5. The summed E-state index contributed by atoms with van der Waals surface area (Å²) in [5.74, 6) is 1.06. The Labute approximate surface area is 171 Å². The van der Waals surface area contributed by atoms with Gasteiger partial charge in [-0.05, 0) is 52.8 Å². The van der Waals surface area contributed by atoms with E-state index in [1.165, 1.54) is 6.20 Å². The lowest BCUT2D eigenvalue weighted by molar-refractivity contribution is 0.477. The van der Waals surface area contributed by atoms with Crippen molar-refractivity contribution in [3.63, 3.8) is 0 Å². The van der Waals surface area contributed by atoms with Gasteiger partial charge in [0.2, 0.25) is 5.95 Å². The van der Waals surface area contributed by atoms with Crippen LogP contribution in [-0.4, -0.2) is 15.9 Å². The molecular weight excluding hydrogens is 469 g/mol. The quantitative estimate of drug-likeness (QED) is 0.191. The van der Waals surface area contributed by atoms with Crippen molar-refractivity contribution in [2.24, 2.45) is 11.5 Å². The maximum atomic E-state index is 6.06. The molecule has 0 aliphatic carbocycles. The maximum absolute atomic E-state index is 6.06. The lowest BCUT2D eigenvalue weighted by atomic mass is 10.1. The highest BCUT2D eigenvalue weighted by atomic mass is 127. The molecule has 0 bridgehead atoms. The Morgan fingerprint density at radius 2 is 1.88 bits per heavy atom. The van der Waals surface area contributed by atoms with E-state index in [9.17, 15) is 0 Å². The summed E-state index contributed by atoms with van der Waals surface area (Å²) in [5.41, 5.74) is 22.4. The fourth-order valence-electron chi connectivity index (χ4n) is 1.69. The number of nitrogens with two attached hydrogens (primary N) is 4. The fourth-order valence-corrected chi connectivity index (χ4v) is 2.43. The zero-order valence-corrected chi connectivity index (χ0v) is 17.0. The molecule has 0 fully saturated rings. The van der Waals surface area contributed by atoms with Crippen LogP contribution in [0.1, 0.15) is 11.1 Å². The standard InChI is InChI=1S/C15H15IN4O.CH5N3.ClH/c1-3-4-5-10-7-12(11(16)6-9(10)2)21-13-8-19-15(18)20-14(13)17;2-1(3)4;/h3-8H,1H2,2H3,(H4,17,18,19,20);(H5,2,3,4);1H. The van der Waals surface area contributed by atoms with Gasteiger partial charge in [0.15, 0.2) is 17.5 Å². The third-order valence-corrected chi connectivity index (χ3v) is 3.60. The van der Waals surface area contributed by atoms with E-state index in [-0.39, 0.29) is 30.1 Å². The highest BCUT2D eigenvalue weighted by Gasteiger charge is 2.10. The minimum absolute atomic E-state index is 0. The Hall–Kier alpha value is -2.53. The van der Waals surface area contributed by atoms with Crippen LogP contribution in [0.25, 0.3) is 6.08 Å². The van der Waals surface area contributed by atoms with Gasteiger partial charge < -0.3 is 27.7 Å².